The number of carbonyl (C=O) groups excluding carboxylic acids is 5. The number of aromatic nitrogens is 2. The van der Waals surface area contributed by atoms with Gasteiger partial charge in [-0.2, -0.15) is 0 Å². The van der Waals surface area contributed by atoms with Crippen LogP contribution in [0.4, 0.5) is 0 Å². The molecular weight excluding hydrogens is 1160 g/mol. The molecule has 0 spiro atoms. The summed E-state index contributed by atoms with van der Waals surface area (Å²) in [4.78, 5) is 97.8. The predicted molar refractivity (Wildman–Crippen MR) is 346 cm³/mol. The standard InChI is InChI=1S/C44H49N2O7PSi.C23H28N2O6Si/c1-9-27-51-42(49)41(54(32-19-13-10-14-20-32,33-21-15-11-16-22-33)34-23-17-12-18-24-34)46-36(39(40(46)48)30(2)53-55(7,8)44(3,4)5)29-37(47)31-25-26-35-38(28-31)52-43(50)45(35)6;1-7-10-29-22(27)20-15(14-8-9-16-18(11-14)30-23(28)24(16)3)12-17-19(21(26)25(17)20)13(2)31-32(4,5)6/h9-26,28,30,36,39H,1,27,29H2,2-8H3;7-9,11,13,17,19H,1,10,12H2,2-6H3/t30-,36-,39-;13-,17-,19-/m11/s1. The fraction of sp³-hybridized carbons (Fsp3) is 0.343. The van der Waals surface area contributed by atoms with Crippen molar-refractivity contribution in [3.05, 3.63) is 191 Å². The minimum Gasteiger partial charge on any atom is -0.457 e. The van der Waals surface area contributed by atoms with Gasteiger partial charge in [-0.3, -0.25) is 23.5 Å². The largest absolute Gasteiger partial charge is 0.457 e. The molecule has 2 aromatic heterocycles. The van der Waals surface area contributed by atoms with Crippen molar-refractivity contribution in [1.29, 1.82) is 0 Å². The molecule has 0 unspecified atom stereocenters. The zero-order chi connectivity index (χ0) is 63.1. The lowest BCUT2D eigenvalue weighted by Gasteiger charge is -2.53. The van der Waals surface area contributed by atoms with Crippen molar-refractivity contribution in [3.8, 4) is 0 Å². The molecule has 2 amide bonds. The molecule has 7 aromatic rings. The quantitative estimate of drug-likeness (QED) is 0.0175. The Morgan fingerprint density at radius 3 is 1.67 bits per heavy atom. The lowest BCUT2D eigenvalue weighted by atomic mass is 9.79. The average Bonchev–Trinajstić information content (AvgIpc) is 1.36. The highest BCUT2D eigenvalue weighted by Gasteiger charge is 2.59. The number of carbonyl (C=O) groups is 5. The summed E-state index contributed by atoms with van der Waals surface area (Å²) >= 11 is 0. The number of hydrogen-bond donors (Lipinski definition) is 0. The van der Waals surface area contributed by atoms with Crippen molar-refractivity contribution in [2.45, 2.75) is 110 Å². The Morgan fingerprint density at radius 2 is 1.16 bits per heavy atom. The number of Topliss-reactive ketones (excluding diaryl/α,β-unsaturated/α-hetero) is 1. The molecule has 456 valence electrons. The number of benzene rings is 5. The van der Waals surface area contributed by atoms with Gasteiger partial charge in [-0.1, -0.05) is 143 Å². The zero-order valence-corrected chi connectivity index (χ0v) is 54.4. The summed E-state index contributed by atoms with van der Waals surface area (Å²) in [6.07, 6.45) is 2.55. The van der Waals surface area contributed by atoms with Gasteiger partial charge in [0.1, 0.15) is 24.3 Å². The number of oxazole rings is 2. The Balaban J connectivity index is 0.000000239. The number of amides is 2. The summed E-state index contributed by atoms with van der Waals surface area (Å²) < 4.78 is 37.8. The van der Waals surface area contributed by atoms with Crippen LogP contribution in [-0.2, 0) is 51.6 Å². The molecule has 17 nitrogen and oxygen atoms in total. The molecule has 0 saturated carbocycles. The predicted octanol–water partition coefficient (Wildman–Crippen LogP) is 9.84. The van der Waals surface area contributed by atoms with E-state index in [1.165, 1.54) is 21.3 Å². The van der Waals surface area contributed by atoms with E-state index in [1.54, 1.807) is 54.2 Å². The van der Waals surface area contributed by atoms with E-state index >= 15 is 4.79 Å². The van der Waals surface area contributed by atoms with Gasteiger partial charge in [-0.05, 0) is 115 Å². The number of β-lactam (4-membered cyclic amide) rings is 2. The number of ether oxygens (including phenoxy) is 2. The molecule has 10 rings (SSSR count). The van der Waals surface area contributed by atoms with Crippen molar-refractivity contribution < 1.29 is 51.1 Å². The molecular formula is C67H77N4O13PSi2. The number of ketones is 1. The molecule has 0 bridgehead atoms. The van der Waals surface area contributed by atoms with Gasteiger partial charge in [0.2, 0.25) is 11.8 Å². The molecule has 20 heteroatoms. The van der Waals surface area contributed by atoms with E-state index in [4.69, 9.17) is 27.2 Å². The van der Waals surface area contributed by atoms with Crippen LogP contribution >= 0.6 is 6.89 Å². The first kappa shape index (κ1) is 63.6. The maximum atomic E-state index is 15.1. The number of nitrogens with zero attached hydrogens (tertiary/aromatic N) is 4. The van der Waals surface area contributed by atoms with Crippen LogP contribution in [0.3, 0.4) is 0 Å². The van der Waals surface area contributed by atoms with Gasteiger partial charge in [0.05, 0.1) is 47.2 Å². The number of rotatable bonds is 20. The molecule has 6 atom stereocenters. The van der Waals surface area contributed by atoms with E-state index < -0.39 is 65.0 Å². The second-order valence-corrected chi connectivity index (χ2v) is 37.3. The molecule has 3 aliphatic rings. The summed E-state index contributed by atoms with van der Waals surface area (Å²) in [5, 5.41) is 2.38. The van der Waals surface area contributed by atoms with Crippen LogP contribution < -0.4 is 27.4 Å². The fourth-order valence-electron chi connectivity index (χ4n) is 11.9. The average molecular weight is 1230 g/mol. The molecule has 2 saturated heterocycles. The van der Waals surface area contributed by atoms with Crippen LogP contribution in [-0.4, -0.2) is 108 Å². The second-order valence-electron chi connectivity index (χ2n) is 24.8. The molecule has 87 heavy (non-hydrogen) atoms. The van der Waals surface area contributed by atoms with Gasteiger partial charge >= 0.3 is 23.5 Å². The summed E-state index contributed by atoms with van der Waals surface area (Å²) in [6.45, 7) is 24.9. The minimum absolute atomic E-state index is 0.0491. The van der Waals surface area contributed by atoms with Crippen LogP contribution in [0.1, 0.15) is 63.4 Å². The summed E-state index contributed by atoms with van der Waals surface area (Å²) in [6, 6.07) is 38.6. The number of fused-ring (bicyclic) bond motifs is 3. The molecule has 5 heterocycles. The van der Waals surface area contributed by atoms with Gasteiger partial charge in [-0.15, -0.1) is 0 Å². The topological polar surface area (TPSA) is 199 Å². The van der Waals surface area contributed by atoms with E-state index in [2.05, 4.69) is 66.7 Å². The van der Waals surface area contributed by atoms with Crippen LogP contribution in [0.25, 0.3) is 27.8 Å². The lowest BCUT2D eigenvalue weighted by molar-refractivity contribution is -0.161. The maximum Gasteiger partial charge on any atom is 0.419 e. The molecule has 0 N–H and O–H groups in total. The smallest absolute Gasteiger partial charge is 0.419 e. The fourth-order valence-corrected chi connectivity index (χ4v) is 19.0. The summed E-state index contributed by atoms with van der Waals surface area (Å²) in [5.74, 6) is -4.01. The van der Waals surface area contributed by atoms with Crippen molar-refractivity contribution in [3.63, 3.8) is 0 Å². The van der Waals surface area contributed by atoms with Crippen molar-refractivity contribution in [2.24, 2.45) is 25.9 Å². The summed E-state index contributed by atoms with van der Waals surface area (Å²) in [7, 11) is -0.999. The summed E-state index contributed by atoms with van der Waals surface area (Å²) in [5.41, 5.74) is 4.09. The first-order valence-electron chi connectivity index (χ1n) is 29.1. The Kier molecular flexibility index (Phi) is 18.3. The van der Waals surface area contributed by atoms with Crippen molar-refractivity contribution in [1.82, 2.24) is 18.9 Å². The highest BCUT2D eigenvalue weighted by molar-refractivity contribution is 7.96. The third kappa shape index (κ3) is 12.1. The van der Waals surface area contributed by atoms with E-state index in [-0.39, 0.29) is 77.0 Å². The Hall–Kier alpha value is -7.94. The number of likely N-dealkylation sites (tertiary alicyclic amines) is 1. The third-order valence-electron chi connectivity index (χ3n) is 17.0. The first-order chi connectivity index (χ1) is 41.2. The Bertz CT molecular complexity index is 3930. The van der Waals surface area contributed by atoms with Gasteiger partial charge in [0.25, 0.3) is 0 Å². The minimum atomic E-state index is -3.21. The van der Waals surface area contributed by atoms with Crippen LogP contribution in [0, 0.1) is 11.8 Å². The molecule has 0 aliphatic carbocycles. The van der Waals surface area contributed by atoms with Gasteiger partial charge < -0.3 is 37.0 Å². The van der Waals surface area contributed by atoms with Gasteiger partial charge in [0, 0.05) is 33.0 Å². The van der Waals surface area contributed by atoms with Crippen LogP contribution in [0.15, 0.2) is 177 Å². The van der Waals surface area contributed by atoms with Crippen LogP contribution in [0.5, 0.6) is 0 Å². The SMILES string of the molecule is C=CCOC(=O)C(N1C(=O)[C@H]([C@@H](C)O[Si](C)(C)C(C)(C)C)[C@H]1CC(=O)c1ccc2c(c1)oc(=O)n2C)=P(c1ccccc1)(c1ccccc1)c1ccccc1.C=CCOC(=O)C1=C(c2ccc3c(c2)oc(=O)n3C)C[C@@H]2[C@@H]([C@@H](C)O[Si](C)(C)C)C(=O)N12. The molecule has 3 aliphatic heterocycles. The van der Waals surface area contributed by atoms with Crippen molar-refractivity contribution in [2.75, 3.05) is 13.2 Å². The molecule has 0 radical (unpaired) electrons. The zero-order valence-electron chi connectivity index (χ0n) is 51.5. The van der Waals surface area contributed by atoms with Crippen LogP contribution in [0.2, 0.25) is 37.8 Å². The van der Waals surface area contributed by atoms with Crippen molar-refractivity contribution >= 4 is 102 Å². The normalized spacial score (nSPS) is 18.5. The van der Waals surface area contributed by atoms with Gasteiger partial charge in [-0.25, -0.2) is 19.2 Å². The highest BCUT2D eigenvalue weighted by Crippen LogP contribution is 2.52. The first-order valence-corrected chi connectivity index (χ1v) is 37.2. The number of hydrogen-bond acceptors (Lipinski definition) is 13. The van der Waals surface area contributed by atoms with E-state index in [9.17, 15) is 28.8 Å². The Morgan fingerprint density at radius 1 is 0.667 bits per heavy atom. The maximum absolute atomic E-state index is 15.1. The van der Waals surface area contributed by atoms with E-state index in [0.29, 0.717) is 34.2 Å². The Labute approximate surface area is 509 Å². The second kappa shape index (κ2) is 25.0. The highest BCUT2D eigenvalue weighted by atomic mass is 31.2. The number of aryl methyl sites for hydroxylation is 2. The van der Waals surface area contributed by atoms with Gasteiger partial charge in [0.15, 0.2) is 33.6 Å². The number of esters is 2. The molecule has 2 fully saturated rings. The third-order valence-corrected chi connectivity index (χ3v) is 26.9. The van der Waals surface area contributed by atoms with E-state index in [1.807, 2.05) is 111 Å². The van der Waals surface area contributed by atoms with E-state index in [0.717, 1.165) is 21.5 Å². The monoisotopic (exact) mass is 1230 g/mol. The molecule has 5 aromatic carbocycles. The lowest BCUT2D eigenvalue weighted by Crippen LogP contribution is -2.69.